The van der Waals surface area contributed by atoms with Crippen LogP contribution < -0.4 is 0 Å². The predicted octanol–water partition coefficient (Wildman–Crippen LogP) is 4.32. The van der Waals surface area contributed by atoms with Gasteiger partial charge in [-0.15, -0.1) is 24.8 Å². The summed E-state index contributed by atoms with van der Waals surface area (Å²) in [6.07, 6.45) is 2.56. The lowest BCUT2D eigenvalue weighted by atomic mass is 10.2. The Bertz CT molecular complexity index is 376. The fraction of sp³-hybridized carbons (Fsp3) is 0.250. The molecule has 0 bridgehead atoms. The highest BCUT2D eigenvalue weighted by atomic mass is 35.5. The molecule has 2 rings (SSSR count). The van der Waals surface area contributed by atoms with Gasteiger partial charge in [-0.2, -0.15) is 0 Å². The fourth-order valence-corrected chi connectivity index (χ4v) is 3.79. The van der Waals surface area contributed by atoms with Crippen molar-refractivity contribution < 1.29 is 0 Å². The molecule has 0 N–H and O–H groups in total. The van der Waals surface area contributed by atoms with E-state index in [1.165, 1.54) is 36.1 Å². The quantitative estimate of drug-likeness (QED) is 0.550. The third-order valence-corrected chi connectivity index (χ3v) is 4.82. The number of hydrogen-bond donors (Lipinski definition) is 0. The lowest BCUT2D eigenvalue weighted by Gasteiger charge is -2.02. The van der Waals surface area contributed by atoms with Gasteiger partial charge in [0.15, 0.2) is 0 Å². The predicted molar refractivity (Wildman–Crippen MR) is 92.9 cm³/mol. The summed E-state index contributed by atoms with van der Waals surface area (Å²) in [7, 11) is 0.124. The highest BCUT2D eigenvalue weighted by molar-refractivity contribution is 6.35. The van der Waals surface area contributed by atoms with Gasteiger partial charge in [0, 0.05) is 9.52 Å². The molecule has 0 nitrogen and oxygen atoms in total. The molecule has 0 radical (unpaired) electrons. The molecule has 104 valence electrons. The highest BCUT2D eigenvalue weighted by Crippen LogP contribution is 2.06. The summed E-state index contributed by atoms with van der Waals surface area (Å²) < 4.78 is 0. The molecule has 0 spiro atoms. The molecule has 2 aromatic carbocycles. The van der Waals surface area contributed by atoms with Crippen LogP contribution >= 0.6 is 24.8 Å². The first-order valence-corrected chi connectivity index (χ1v) is 8.53. The van der Waals surface area contributed by atoms with Crippen molar-refractivity contribution in [2.45, 2.75) is 24.9 Å². The molecule has 3 heteroatoms. The van der Waals surface area contributed by atoms with Crippen molar-refractivity contribution in [3.8, 4) is 0 Å². The van der Waals surface area contributed by atoms with Gasteiger partial charge in [0.25, 0.3) is 0 Å². The molecule has 0 saturated heterocycles. The molecule has 0 aliphatic heterocycles. The maximum Gasteiger partial charge on any atom is 0.0204 e. The molecule has 0 fully saturated rings. The molecule has 0 aliphatic carbocycles. The molecule has 0 amide bonds. The standard InChI is InChI=1S/C16H20Si.2ClH/c1-3-7-15(8-4-1)11-13-17-14-12-16-9-5-2-6-10-16;;/h1-10H,11-14,17H2;2*1H. The second kappa shape index (κ2) is 11.1. The molecular weight excluding hydrogens is 291 g/mol. The van der Waals surface area contributed by atoms with Crippen molar-refractivity contribution in [1.82, 2.24) is 0 Å². The Morgan fingerprint density at radius 1 is 0.579 bits per heavy atom. The van der Waals surface area contributed by atoms with Crippen LogP contribution in [0.2, 0.25) is 12.1 Å². The van der Waals surface area contributed by atoms with Crippen molar-refractivity contribution in [3.05, 3.63) is 71.8 Å². The number of aryl methyl sites for hydroxylation is 2. The first-order valence-electron chi connectivity index (χ1n) is 6.53. The summed E-state index contributed by atoms with van der Waals surface area (Å²) >= 11 is 0. The lowest BCUT2D eigenvalue weighted by molar-refractivity contribution is 1.07. The summed E-state index contributed by atoms with van der Waals surface area (Å²) in [6, 6.07) is 24.6. The molecule has 0 unspecified atom stereocenters. The Morgan fingerprint density at radius 3 is 1.32 bits per heavy atom. The third kappa shape index (κ3) is 7.41. The monoisotopic (exact) mass is 312 g/mol. The zero-order chi connectivity index (χ0) is 11.8. The van der Waals surface area contributed by atoms with Crippen LogP contribution in [0.1, 0.15) is 11.1 Å². The van der Waals surface area contributed by atoms with E-state index in [1.54, 1.807) is 0 Å². The number of rotatable bonds is 6. The minimum atomic E-state index is 0. The normalized spacial score (nSPS) is 9.26. The summed E-state index contributed by atoms with van der Waals surface area (Å²) in [5, 5.41) is 0. The minimum Gasteiger partial charge on any atom is -0.147 e. The second-order valence-electron chi connectivity index (χ2n) is 4.53. The van der Waals surface area contributed by atoms with Gasteiger partial charge in [0.2, 0.25) is 0 Å². The fourth-order valence-electron chi connectivity index (χ4n) is 2.12. The minimum absolute atomic E-state index is 0. The largest absolute Gasteiger partial charge is 0.147 e. The molecule has 0 saturated carbocycles. The van der Waals surface area contributed by atoms with E-state index >= 15 is 0 Å². The summed E-state index contributed by atoms with van der Waals surface area (Å²) in [4.78, 5) is 0. The Balaban J connectivity index is 0.00000162. The topological polar surface area (TPSA) is 0 Å². The summed E-state index contributed by atoms with van der Waals surface area (Å²) in [5.74, 6) is 0. The van der Waals surface area contributed by atoms with Crippen molar-refractivity contribution in [1.29, 1.82) is 0 Å². The smallest absolute Gasteiger partial charge is 0.0204 e. The Morgan fingerprint density at radius 2 is 0.947 bits per heavy atom. The van der Waals surface area contributed by atoms with Crippen LogP contribution in [0.25, 0.3) is 0 Å². The van der Waals surface area contributed by atoms with Crippen molar-refractivity contribution in [2.75, 3.05) is 0 Å². The van der Waals surface area contributed by atoms with Gasteiger partial charge in [-0.05, 0) is 24.0 Å². The molecule has 0 heterocycles. The van der Waals surface area contributed by atoms with Crippen molar-refractivity contribution >= 4 is 34.3 Å². The maximum absolute atomic E-state index is 2.24. The third-order valence-electron chi connectivity index (χ3n) is 3.12. The van der Waals surface area contributed by atoms with E-state index in [4.69, 9.17) is 0 Å². The SMILES string of the molecule is Cl.Cl.c1ccc(CC[SiH2]CCc2ccccc2)cc1. The molecule has 0 aromatic heterocycles. The molecular formula is C16H22Cl2Si. The van der Waals surface area contributed by atoms with Gasteiger partial charge in [0.1, 0.15) is 0 Å². The Kier molecular flexibility index (Phi) is 10.7. The Labute approximate surface area is 131 Å². The average Bonchev–Trinajstić information content (AvgIpc) is 2.41. The van der Waals surface area contributed by atoms with Crippen LogP contribution in [0.3, 0.4) is 0 Å². The van der Waals surface area contributed by atoms with Crippen molar-refractivity contribution in [2.24, 2.45) is 0 Å². The number of hydrogen-bond acceptors (Lipinski definition) is 0. The van der Waals surface area contributed by atoms with E-state index in [1.807, 2.05) is 0 Å². The maximum atomic E-state index is 2.24. The van der Waals surface area contributed by atoms with E-state index in [2.05, 4.69) is 60.7 Å². The highest BCUT2D eigenvalue weighted by Gasteiger charge is 1.95. The molecule has 2 aromatic rings. The van der Waals surface area contributed by atoms with Crippen LogP contribution in [0.15, 0.2) is 60.7 Å². The van der Waals surface area contributed by atoms with Crippen molar-refractivity contribution in [3.63, 3.8) is 0 Å². The number of benzene rings is 2. The first-order chi connectivity index (χ1) is 8.45. The van der Waals surface area contributed by atoms with Crippen LogP contribution in [0, 0.1) is 0 Å². The van der Waals surface area contributed by atoms with Crippen LogP contribution in [0.4, 0.5) is 0 Å². The van der Waals surface area contributed by atoms with Gasteiger partial charge in [0.05, 0.1) is 0 Å². The van der Waals surface area contributed by atoms with Gasteiger partial charge >= 0.3 is 0 Å². The van der Waals surface area contributed by atoms with Gasteiger partial charge in [-0.3, -0.25) is 0 Å². The van der Waals surface area contributed by atoms with Gasteiger partial charge in [-0.1, -0.05) is 72.8 Å². The van der Waals surface area contributed by atoms with Crippen LogP contribution in [-0.2, 0) is 12.8 Å². The first kappa shape index (κ1) is 18.2. The Hall–Kier alpha value is -0.763. The molecule has 0 aliphatic rings. The lowest BCUT2D eigenvalue weighted by Crippen LogP contribution is -1.95. The van der Waals surface area contributed by atoms with Crippen LogP contribution in [0.5, 0.6) is 0 Å². The van der Waals surface area contributed by atoms with E-state index in [0.717, 1.165) is 0 Å². The molecule has 19 heavy (non-hydrogen) atoms. The zero-order valence-electron chi connectivity index (χ0n) is 11.1. The van der Waals surface area contributed by atoms with Crippen LogP contribution in [-0.4, -0.2) is 9.52 Å². The van der Waals surface area contributed by atoms with E-state index < -0.39 is 0 Å². The molecule has 0 atom stereocenters. The van der Waals surface area contributed by atoms with Gasteiger partial charge in [-0.25, -0.2) is 0 Å². The van der Waals surface area contributed by atoms with Gasteiger partial charge < -0.3 is 0 Å². The number of halogens is 2. The van der Waals surface area contributed by atoms with E-state index in [-0.39, 0.29) is 34.3 Å². The summed E-state index contributed by atoms with van der Waals surface area (Å²) in [5.41, 5.74) is 3.00. The van der Waals surface area contributed by atoms with E-state index in [0.29, 0.717) is 0 Å². The summed E-state index contributed by atoms with van der Waals surface area (Å²) in [6.45, 7) is 0. The van der Waals surface area contributed by atoms with E-state index in [9.17, 15) is 0 Å². The zero-order valence-corrected chi connectivity index (χ0v) is 14.2. The average molecular weight is 313 g/mol. The second-order valence-corrected chi connectivity index (χ2v) is 6.65.